The summed E-state index contributed by atoms with van der Waals surface area (Å²) in [5.41, 5.74) is -0.827. The van der Waals surface area contributed by atoms with Crippen molar-refractivity contribution in [3.63, 3.8) is 0 Å². The Labute approximate surface area is 261 Å². The number of hydrogen-bond acceptors (Lipinski definition) is 4. The molecule has 0 radical (unpaired) electrons. The SMILES string of the molecule is CC(C)(C)[C@H](NC(=O)c1cc2cc(F)ccc2[nH]1)C(=O)N1C[C@@H]2C[C@H]1CN2C(=O)CNC(=O)Cc1cc(C(F)(F)F)ccc1Cl. The molecule has 3 heterocycles. The third kappa shape index (κ3) is 6.92. The van der Waals surface area contributed by atoms with E-state index in [0.29, 0.717) is 17.3 Å². The fraction of sp³-hybridized carbons (Fsp3) is 0.419. The first-order chi connectivity index (χ1) is 21.0. The smallest absolute Gasteiger partial charge is 0.351 e. The van der Waals surface area contributed by atoms with E-state index in [-0.39, 0.29) is 59.8 Å². The lowest BCUT2D eigenvalue weighted by molar-refractivity contribution is -0.142. The van der Waals surface area contributed by atoms with Gasteiger partial charge in [0.05, 0.1) is 30.6 Å². The predicted molar refractivity (Wildman–Crippen MR) is 158 cm³/mol. The molecule has 2 fully saturated rings. The third-order valence-electron chi connectivity index (χ3n) is 8.22. The van der Waals surface area contributed by atoms with E-state index in [9.17, 15) is 36.7 Å². The van der Waals surface area contributed by atoms with E-state index in [1.54, 1.807) is 9.80 Å². The molecule has 5 rings (SSSR count). The van der Waals surface area contributed by atoms with E-state index in [1.807, 2.05) is 20.8 Å². The molecule has 2 saturated heterocycles. The van der Waals surface area contributed by atoms with E-state index in [4.69, 9.17) is 11.6 Å². The zero-order chi connectivity index (χ0) is 32.8. The molecule has 1 aromatic heterocycles. The van der Waals surface area contributed by atoms with Crippen LogP contribution in [0.4, 0.5) is 17.6 Å². The summed E-state index contributed by atoms with van der Waals surface area (Å²) in [5, 5.41) is 5.82. The number of aromatic amines is 1. The number of aromatic nitrogens is 1. The highest BCUT2D eigenvalue weighted by atomic mass is 35.5. The van der Waals surface area contributed by atoms with Crippen LogP contribution in [-0.4, -0.2) is 76.2 Å². The van der Waals surface area contributed by atoms with Crippen molar-refractivity contribution in [2.75, 3.05) is 19.6 Å². The van der Waals surface area contributed by atoms with Gasteiger partial charge in [0.15, 0.2) is 0 Å². The molecule has 45 heavy (non-hydrogen) atoms. The minimum Gasteiger partial charge on any atom is -0.351 e. The number of likely N-dealkylation sites (tertiary alicyclic amines) is 2. The first-order valence-electron chi connectivity index (χ1n) is 14.3. The maximum atomic E-state index is 13.8. The molecule has 4 amide bonds. The number of nitrogens with zero attached hydrogens (tertiary/aromatic N) is 2. The lowest BCUT2D eigenvalue weighted by Crippen LogP contribution is -2.59. The monoisotopic (exact) mass is 649 g/mol. The number of H-pyrrole nitrogens is 1. The number of piperazine rings is 1. The van der Waals surface area contributed by atoms with Crippen molar-refractivity contribution >= 4 is 46.1 Å². The maximum absolute atomic E-state index is 13.8. The highest BCUT2D eigenvalue weighted by molar-refractivity contribution is 6.31. The zero-order valence-corrected chi connectivity index (χ0v) is 25.5. The molecule has 2 bridgehead atoms. The summed E-state index contributed by atoms with van der Waals surface area (Å²) in [5.74, 6) is -2.27. The second-order valence-corrected chi connectivity index (χ2v) is 12.9. The Morgan fingerprint density at radius 2 is 1.69 bits per heavy atom. The Hall–Kier alpha value is -4.13. The van der Waals surface area contributed by atoms with Gasteiger partial charge in [0.2, 0.25) is 17.7 Å². The number of amides is 4. The molecule has 3 aromatic rings. The molecule has 14 heteroatoms. The normalized spacial score (nSPS) is 18.8. The number of carbonyl (C=O) groups is 4. The van der Waals surface area contributed by atoms with Crippen LogP contribution in [0.3, 0.4) is 0 Å². The van der Waals surface area contributed by atoms with E-state index in [0.717, 1.165) is 18.2 Å². The van der Waals surface area contributed by atoms with E-state index in [2.05, 4.69) is 15.6 Å². The summed E-state index contributed by atoms with van der Waals surface area (Å²) >= 11 is 5.98. The molecule has 2 aliphatic rings. The highest BCUT2D eigenvalue weighted by Crippen LogP contribution is 2.34. The van der Waals surface area contributed by atoms with Gasteiger partial charge in [-0.15, -0.1) is 0 Å². The Morgan fingerprint density at radius 1 is 1.00 bits per heavy atom. The van der Waals surface area contributed by atoms with E-state index in [1.165, 1.54) is 24.3 Å². The van der Waals surface area contributed by atoms with Gasteiger partial charge >= 0.3 is 6.18 Å². The van der Waals surface area contributed by atoms with Crippen molar-refractivity contribution in [1.29, 1.82) is 0 Å². The molecular formula is C31H32ClF4N5O4. The molecule has 0 spiro atoms. The van der Waals surface area contributed by atoms with Crippen LogP contribution in [0.5, 0.6) is 0 Å². The quantitative estimate of drug-likeness (QED) is 0.331. The first kappa shape index (κ1) is 32.3. The summed E-state index contributed by atoms with van der Waals surface area (Å²) < 4.78 is 52.7. The third-order valence-corrected chi connectivity index (χ3v) is 8.59. The molecule has 9 nitrogen and oxygen atoms in total. The topological polar surface area (TPSA) is 115 Å². The molecule has 2 aliphatic heterocycles. The van der Waals surface area contributed by atoms with Crippen LogP contribution < -0.4 is 10.6 Å². The van der Waals surface area contributed by atoms with Gasteiger partial charge in [-0.2, -0.15) is 13.2 Å². The van der Waals surface area contributed by atoms with Crippen molar-refractivity contribution in [3.8, 4) is 0 Å². The second kappa shape index (κ2) is 12.0. The van der Waals surface area contributed by atoms with Gasteiger partial charge in [-0.25, -0.2) is 4.39 Å². The van der Waals surface area contributed by atoms with Gasteiger partial charge in [-0.3, -0.25) is 19.2 Å². The number of halogens is 5. The van der Waals surface area contributed by atoms with Crippen LogP contribution in [0.1, 0.15) is 48.8 Å². The number of fused-ring (bicyclic) bond motifs is 3. The van der Waals surface area contributed by atoms with E-state index < -0.39 is 47.2 Å². The molecule has 3 atom stereocenters. The second-order valence-electron chi connectivity index (χ2n) is 12.5. The fourth-order valence-electron chi connectivity index (χ4n) is 5.89. The molecule has 240 valence electrons. The minimum absolute atomic E-state index is 0.00699. The Kier molecular flexibility index (Phi) is 8.60. The Bertz CT molecular complexity index is 1670. The van der Waals surface area contributed by atoms with Crippen LogP contribution in [0.2, 0.25) is 5.02 Å². The molecule has 0 saturated carbocycles. The molecule has 0 unspecified atom stereocenters. The van der Waals surface area contributed by atoms with Gasteiger partial charge in [0.25, 0.3) is 5.91 Å². The van der Waals surface area contributed by atoms with Gasteiger partial charge in [0, 0.05) is 29.0 Å². The van der Waals surface area contributed by atoms with Crippen molar-refractivity contribution in [2.45, 2.75) is 57.9 Å². The summed E-state index contributed by atoms with van der Waals surface area (Å²) in [6.07, 6.45) is -4.49. The van der Waals surface area contributed by atoms with Crippen LogP contribution in [0.25, 0.3) is 10.9 Å². The minimum atomic E-state index is -4.59. The van der Waals surface area contributed by atoms with E-state index >= 15 is 0 Å². The van der Waals surface area contributed by atoms with Crippen molar-refractivity contribution in [3.05, 3.63) is 70.1 Å². The largest absolute Gasteiger partial charge is 0.416 e. The number of alkyl halides is 3. The number of carbonyl (C=O) groups excluding carboxylic acids is 4. The summed E-state index contributed by atoms with van der Waals surface area (Å²) in [4.78, 5) is 58.5. The van der Waals surface area contributed by atoms with Gasteiger partial charge in [0.1, 0.15) is 17.6 Å². The van der Waals surface area contributed by atoms with Crippen LogP contribution in [0.15, 0.2) is 42.5 Å². The standard InChI is InChI=1S/C31H32ClF4N5O4/c1-30(2,3)27(39-28(44)24-10-17-9-19(33)5-7-23(17)38-24)29(45)41-15-20-12-21(41)14-40(20)26(43)13-37-25(42)11-16-8-18(31(34,35)36)4-6-22(16)32/h4-10,20-21,27,38H,11-15H2,1-3H3,(H,37,42)(H,39,44)/t20-,21-,27+/m0/s1. The molecule has 3 N–H and O–H groups in total. The van der Waals surface area contributed by atoms with Gasteiger partial charge in [-0.1, -0.05) is 32.4 Å². The van der Waals surface area contributed by atoms with Crippen molar-refractivity contribution < 1.29 is 36.7 Å². The van der Waals surface area contributed by atoms with Crippen molar-refractivity contribution in [1.82, 2.24) is 25.4 Å². The van der Waals surface area contributed by atoms with Gasteiger partial charge < -0.3 is 25.4 Å². The molecule has 2 aromatic carbocycles. The number of rotatable bonds is 7. The molecular weight excluding hydrogens is 618 g/mol. The van der Waals surface area contributed by atoms with Gasteiger partial charge in [-0.05, 0) is 59.9 Å². The Balaban J connectivity index is 1.17. The average molecular weight is 650 g/mol. The highest BCUT2D eigenvalue weighted by Gasteiger charge is 2.49. The number of nitrogens with one attached hydrogen (secondary N) is 3. The Morgan fingerprint density at radius 3 is 2.33 bits per heavy atom. The lowest BCUT2D eigenvalue weighted by Gasteiger charge is -2.39. The van der Waals surface area contributed by atoms with Crippen LogP contribution >= 0.6 is 11.6 Å². The first-order valence-corrected chi connectivity index (χ1v) is 14.7. The zero-order valence-electron chi connectivity index (χ0n) is 24.7. The van der Waals surface area contributed by atoms with Crippen molar-refractivity contribution in [2.24, 2.45) is 5.41 Å². The maximum Gasteiger partial charge on any atom is 0.416 e. The molecule has 0 aliphatic carbocycles. The summed E-state index contributed by atoms with van der Waals surface area (Å²) in [7, 11) is 0. The fourth-order valence-corrected chi connectivity index (χ4v) is 6.07. The van der Waals surface area contributed by atoms with Crippen LogP contribution in [0, 0.1) is 11.2 Å². The average Bonchev–Trinajstić information content (AvgIpc) is 3.68. The lowest BCUT2D eigenvalue weighted by atomic mass is 9.85. The summed E-state index contributed by atoms with van der Waals surface area (Å²) in [6.45, 7) is 5.61. The summed E-state index contributed by atoms with van der Waals surface area (Å²) in [6, 6.07) is 6.88. The van der Waals surface area contributed by atoms with Crippen LogP contribution in [-0.2, 0) is 27.0 Å². The predicted octanol–water partition coefficient (Wildman–Crippen LogP) is 4.29. The number of benzene rings is 2. The number of hydrogen-bond donors (Lipinski definition) is 3.